The third-order valence-electron chi connectivity index (χ3n) is 8.10. The van der Waals surface area contributed by atoms with Crippen molar-refractivity contribution < 1.29 is 259 Å². The van der Waals surface area contributed by atoms with E-state index in [-0.39, 0.29) is 237 Å². The van der Waals surface area contributed by atoms with Crippen LogP contribution in [0.4, 0.5) is 11.4 Å². The molecule has 3 rings (SSSR count). The van der Waals surface area contributed by atoms with Gasteiger partial charge in [-0.05, 0) is 54.3 Å². The van der Waals surface area contributed by atoms with Gasteiger partial charge in [0.2, 0.25) is 0 Å². The van der Waals surface area contributed by atoms with Crippen molar-refractivity contribution in [3.05, 3.63) is 53.6 Å². The van der Waals surface area contributed by atoms with Crippen LogP contribution >= 0.6 is 0 Å². The predicted octanol–water partition coefficient (Wildman–Crippen LogP) is 1.71. The van der Waals surface area contributed by atoms with Crippen LogP contribution in [-0.2, 0) is 14.6 Å². The van der Waals surface area contributed by atoms with Gasteiger partial charge < -0.3 is 35.7 Å². The molecule has 5 unspecified atom stereocenters. The van der Waals surface area contributed by atoms with Crippen LogP contribution < -0.4 is 15.5 Å². The fourth-order valence-corrected chi connectivity index (χ4v) is 7.65. The Morgan fingerprint density at radius 1 is 0.938 bits per heavy atom. The molecule has 5 radical (unpaired) electrons. The number of aliphatic hydroxyl groups excluding tert-OH is 5. The van der Waals surface area contributed by atoms with Crippen molar-refractivity contribution in [1.82, 2.24) is 5.32 Å². The fraction of sp³-hybridized carbons (Fsp3) is 0.581. The molecular weight excluding hydrogens is 1710 g/mol. The SMILES string of the molecule is CCCCC1(CCCC)CS(=O)(=O)c2ccc(N(C)C)cc2C(c2cccc(NC(=O)C(O)C(O)C(O)C(O)CO)c2)N1.[Ac].[Ac].[Ac].[Ac].[Ac]. The Hall–Kier alpha value is 4.63. The first-order valence-corrected chi connectivity index (χ1v) is 16.5. The van der Waals surface area contributed by atoms with Gasteiger partial charge in [0, 0.05) is 251 Å². The summed E-state index contributed by atoms with van der Waals surface area (Å²) in [5, 5.41) is 55.3. The van der Waals surface area contributed by atoms with Crippen molar-refractivity contribution >= 4 is 27.1 Å². The van der Waals surface area contributed by atoms with Crippen molar-refractivity contribution in [2.45, 2.75) is 93.3 Å². The molecule has 0 saturated carbocycles. The monoisotopic (exact) mass is 1760 g/mol. The number of nitrogens with zero attached hydrogens (tertiary/aromatic N) is 1. The van der Waals surface area contributed by atoms with Crippen molar-refractivity contribution in [1.29, 1.82) is 0 Å². The van der Waals surface area contributed by atoms with Gasteiger partial charge in [-0.3, -0.25) is 10.1 Å². The van der Waals surface area contributed by atoms with Gasteiger partial charge in [-0.15, -0.1) is 0 Å². The molecule has 7 N–H and O–H groups in total. The minimum atomic E-state index is -3.67. The van der Waals surface area contributed by atoms with Gasteiger partial charge in [0.15, 0.2) is 15.9 Å². The Bertz CT molecular complexity index is 1350. The first-order valence-electron chi connectivity index (χ1n) is 14.8. The third kappa shape index (κ3) is 15.9. The maximum Gasteiger partial charge on any atom is 0.256 e. The summed E-state index contributed by atoms with van der Waals surface area (Å²) in [6, 6.07) is 11.6. The van der Waals surface area contributed by atoms with Crippen molar-refractivity contribution in [3.8, 4) is 0 Å². The molecule has 5 atom stereocenters. The minimum absolute atomic E-state index is 0. The average molecular weight is 1760 g/mol. The standard InChI is InChI=1S/C31H47N3O8S.5Ac/c1-5-7-14-31(15-8-6-2)19-43(41,42)25-13-12-22(34(3)4)17-23(25)26(33-31)20-10-9-11-21(16-20)32-30(40)29(39)28(38)27(37)24(36)18-35;;;;;/h9-13,16-17,24,26-29,33,35-39H,5-8,14-15,18-19H2,1-4H3,(H,32,40);;;;;. The quantitative estimate of drug-likeness (QED) is 0.148. The first-order chi connectivity index (χ1) is 20.3. The predicted molar refractivity (Wildman–Crippen MR) is 166 cm³/mol. The molecule has 2 aromatic rings. The summed E-state index contributed by atoms with van der Waals surface area (Å²) >= 11 is 0. The van der Waals surface area contributed by atoms with E-state index in [2.05, 4.69) is 24.5 Å². The molecule has 1 amide bonds. The molecule has 1 heterocycles. The van der Waals surface area contributed by atoms with Crippen LogP contribution in [0.15, 0.2) is 47.4 Å². The molecule has 0 fully saturated rings. The topological polar surface area (TPSA) is 180 Å². The molecule has 0 aromatic heterocycles. The number of anilines is 2. The molecule has 17 heteroatoms. The molecule has 0 bridgehead atoms. The Morgan fingerprint density at radius 3 is 2.04 bits per heavy atom. The van der Waals surface area contributed by atoms with E-state index in [9.17, 15) is 33.6 Å². The number of aliphatic hydroxyl groups is 5. The number of rotatable bonds is 14. The van der Waals surface area contributed by atoms with Crippen molar-refractivity contribution in [2.24, 2.45) is 0 Å². The Labute approximate surface area is 464 Å². The summed E-state index contributed by atoms with van der Waals surface area (Å²) < 4.78 is 27.9. The molecule has 0 saturated heterocycles. The van der Waals surface area contributed by atoms with Gasteiger partial charge in [-0.1, -0.05) is 51.7 Å². The smallest absolute Gasteiger partial charge is 0.256 e. The molecular formula is C31H47Ac5N3O8S. The fourth-order valence-electron chi connectivity index (χ4n) is 5.59. The van der Waals surface area contributed by atoms with E-state index in [1.54, 1.807) is 30.3 Å². The average Bonchev–Trinajstić information content (AvgIpc) is 3.09. The van der Waals surface area contributed by atoms with Crippen molar-refractivity contribution in [2.75, 3.05) is 36.7 Å². The molecule has 0 spiro atoms. The second-order valence-electron chi connectivity index (χ2n) is 11.7. The number of fused-ring (bicyclic) bond motifs is 1. The van der Waals surface area contributed by atoms with Gasteiger partial charge in [0.05, 0.1) is 23.3 Å². The number of amides is 1. The van der Waals surface area contributed by atoms with E-state index < -0.39 is 58.3 Å². The van der Waals surface area contributed by atoms with Gasteiger partial charge in [0.1, 0.15) is 18.3 Å². The van der Waals surface area contributed by atoms with Gasteiger partial charge >= 0.3 is 0 Å². The number of unbranched alkanes of at least 4 members (excludes halogenated alkanes) is 2. The van der Waals surface area contributed by atoms with Crippen molar-refractivity contribution in [3.63, 3.8) is 0 Å². The molecule has 11 nitrogen and oxygen atoms in total. The van der Waals surface area contributed by atoms with Gasteiger partial charge in [0.25, 0.3) is 5.91 Å². The third-order valence-corrected chi connectivity index (χ3v) is 10.1. The maximum atomic E-state index is 14.0. The Balaban J connectivity index is -0.00000405. The summed E-state index contributed by atoms with van der Waals surface area (Å²) in [5.41, 5.74) is 1.71. The van der Waals surface area contributed by atoms with Crippen LogP contribution in [0.1, 0.15) is 69.5 Å². The van der Waals surface area contributed by atoms with Crippen LogP contribution in [0, 0.1) is 220 Å². The van der Waals surface area contributed by atoms with Crippen LogP contribution in [0.25, 0.3) is 0 Å². The minimum Gasteiger partial charge on any atom is -0.394 e. The summed E-state index contributed by atoms with van der Waals surface area (Å²) in [7, 11) is 0.0957. The molecule has 1 aliphatic rings. The van der Waals surface area contributed by atoms with Crippen LogP contribution in [0.2, 0.25) is 0 Å². The first kappa shape index (κ1) is 57.0. The zero-order chi connectivity index (χ0) is 31.9. The number of hydrogen-bond acceptors (Lipinski definition) is 10. The van der Waals surface area contributed by atoms with Gasteiger partial charge in [-0.2, -0.15) is 0 Å². The van der Waals surface area contributed by atoms with E-state index in [0.29, 0.717) is 24.0 Å². The van der Waals surface area contributed by atoms with E-state index in [1.165, 1.54) is 0 Å². The van der Waals surface area contributed by atoms with E-state index >= 15 is 0 Å². The number of benzene rings is 2. The molecule has 48 heavy (non-hydrogen) atoms. The second-order valence-corrected chi connectivity index (χ2v) is 13.7. The zero-order valence-corrected chi connectivity index (χ0v) is 52.8. The summed E-state index contributed by atoms with van der Waals surface area (Å²) in [5.74, 6) is -1.06. The van der Waals surface area contributed by atoms with E-state index in [0.717, 1.165) is 31.4 Å². The molecule has 1 aliphatic heterocycles. The number of nitrogens with one attached hydrogen (secondary N) is 2. The maximum absolute atomic E-state index is 14.0. The van der Waals surface area contributed by atoms with E-state index in [4.69, 9.17) is 5.11 Å². The summed E-state index contributed by atoms with van der Waals surface area (Å²) in [6.45, 7) is 3.29. The Morgan fingerprint density at radius 2 is 1.52 bits per heavy atom. The molecule has 0 aliphatic carbocycles. The Kier molecular flexibility index (Phi) is 32.4. The largest absolute Gasteiger partial charge is 0.394 e. The summed E-state index contributed by atoms with van der Waals surface area (Å²) in [6.07, 6.45) is -2.95. The normalized spacial score (nSPS) is 18.1. The zero-order valence-electron chi connectivity index (χ0n) is 28.3. The van der Waals surface area contributed by atoms with Crippen LogP contribution in [0.5, 0.6) is 0 Å². The number of carbonyl (C=O) groups excluding carboxylic acids is 1. The number of sulfone groups is 1. The van der Waals surface area contributed by atoms with E-state index in [1.807, 2.05) is 31.1 Å². The molecule has 255 valence electrons. The second kappa shape index (κ2) is 27.3. The van der Waals surface area contributed by atoms with Crippen LogP contribution in [0.3, 0.4) is 0 Å². The van der Waals surface area contributed by atoms with Gasteiger partial charge in [-0.25, -0.2) is 8.42 Å². The molecule has 2 aromatic carbocycles. The number of hydrogen-bond donors (Lipinski definition) is 7. The number of carbonyl (C=O) groups is 1. The summed E-state index contributed by atoms with van der Waals surface area (Å²) in [4.78, 5) is 14.9. The van der Waals surface area contributed by atoms with Crippen LogP contribution in [-0.4, -0.2) is 96.3 Å².